The SMILES string of the molecule is O=C1[C@H]2CN=N[C@@H]2C(=O)N1c1ccccc1F. The fourth-order valence-corrected chi connectivity index (χ4v) is 2.12. The number of imide groups is 1. The number of para-hydroxylation sites is 1. The van der Waals surface area contributed by atoms with E-state index in [0.717, 1.165) is 4.90 Å². The fraction of sp³-hybridized carbons (Fsp3) is 0.273. The summed E-state index contributed by atoms with van der Waals surface area (Å²) in [4.78, 5) is 24.8. The van der Waals surface area contributed by atoms with E-state index >= 15 is 0 Å². The van der Waals surface area contributed by atoms with E-state index < -0.39 is 29.6 Å². The second kappa shape index (κ2) is 3.44. The quantitative estimate of drug-likeness (QED) is 0.683. The van der Waals surface area contributed by atoms with Gasteiger partial charge in [-0.15, -0.1) is 0 Å². The molecule has 0 bridgehead atoms. The van der Waals surface area contributed by atoms with Crippen molar-refractivity contribution < 1.29 is 14.0 Å². The van der Waals surface area contributed by atoms with E-state index in [4.69, 9.17) is 0 Å². The van der Waals surface area contributed by atoms with Gasteiger partial charge in [0.15, 0.2) is 6.04 Å². The van der Waals surface area contributed by atoms with Gasteiger partial charge in [-0.2, -0.15) is 10.2 Å². The molecule has 1 saturated heterocycles. The van der Waals surface area contributed by atoms with Crippen molar-refractivity contribution in [2.75, 3.05) is 11.4 Å². The third-order valence-electron chi connectivity index (χ3n) is 2.97. The first kappa shape index (κ1) is 10.1. The van der Waals surface area contributed by atoms with E-state index in [0.29, 0.717) is 0 Å². The van der Waals surface area contributed by atoms with Gasteiger partial charge in [0.05, 0.1) is 18.2 Å². The number of rotatable bonds is 1. The van der Waals surface area contributed by atoms with Gasteiger partial charge in [0, 0.05) is 0 Å². The normalized spacial score (nSPS) is 26.8. The zero-order valence-corrected chi connectivity index (χ0v) is 8.71. The van der Waals surface area contributed by atoms with Gasteiger partial charge in [0.2, 0.25) is 5.91 Å². The number of hydrogen-bond donors (Lipinski definition) is 0. The summed E-state index contributed by atoms with van der Waals surface area (Å²) in [7, 11) is 0. The van der Waals surface area contributed by atoms with Crippen molar-refractivity contribution in [3.05, 3.63) is 30.1 Å². The van der Waals surface area contributed by atoms with E-state index in [1.807, 2.05) is 0 Å². The molecule has 0 unspecified atom stereocenters. The molecule has 17 heavy (non-hydrogen) atoms. The standard InChI is InChI=1S/C11H8FN3O2/c12-7-3-1-2-4-8(7)15-10(16)6-5-13-14-9(6)11(15)17/h1-4,6,9H,5H2/t6-,9-/m0/s1. The second-order valence-corrected chi connectivity index (χ2v) is 3.95. The lowest BCUT2D eigenvalue weighted by Gasteiger charge is -2.15. The monoisotopic (exact) mass is 233 g/mol. The molecule has 2 atom stereocenters. The molecule has 0 aliphatic carbocycles. The highest BCUT2D eigenvalue weighted by Gasteiger charge is 2.51. The molecule has 0 saturated carbocycles. The van der Waals surface area contributed by atoms with Gasteiger partial charge < -0.3 is 0 Å². The molecule has 86 valence electrons. The number of benzene rings is 1. The minimum absolute atomic E-state index is 0.00731. The van der Waals surface area contributed by atoms with E-state index in [9.17, 15) is 14.0 Å². The Labute approximate surface area is 95.9 Å². The Balaban J connectivity index is 2.05. The van der Waals surface area contributed by atoms with Crippen LogP contribution in [0.25, 0.3) is 0 Å². The van der Waals surface area contributed by atoms with Gasteiger partial charge in [-0.1, -0.05) is 12.1 Å². The Bertz CT molecular complexity index is 543. The predicted molar refractivity (Wildman–Crippen MR) is 55.9 cm³/mol. The third-order valence-corrected chi connectivity index (χ3v) is 2.97. The van der Waals surface area contributed by atoms with Crippen molar-refractivity contribution in [1.82, 2.24) is 0 Å². The zero-order valence-electron chi connectivity index (χ0n) is 8.71. The van der Waals surface area contributed by atoms with E-state index in [1.165, 1.54) is 18.2 Å². The molecule has 0 radical (unpaired) electrons. The summed E-state index contributed by atoms with van der Waals surface area (Å²) in [6, 6.07) is 4.94. The summed E-state index contributed by atoms with van der Waals surface area (Å²) in [6.07, 6.45) is 0. The number of halogens is 1. The first-order valence-corrected chi connectivity index (χ1v) is 5.19. The largest absolute Gasteiger partial charge is 0.274 e. The third kappa shape index (κ3) is 1.30. The van der Waals surface area contributed by atoms with Crippen LogP contribution in [0.15, 0.2) is 34.5 Å². The average molecular weight is 233 g/mol. The smallest absolute Gasteiger partial charge is 0.261 e. The van der Waals surface area contributed by atoms with E-state index in [-0.39, 0.29) is 12.2 Å². The van der Waals surface area contributed by atoms with Crippen LogP contribution in [0, 0.1) is 11.7 Å². The minimum Gasteiger partial charge on any atom is -0.274 e. The summed E-state index contributed by atoms with van der Waals surface area (Å²) < 4.78 is 13.6. The Hall–Kier alpha value is -2.11. The minimum atomic E-state index is -0.762. The van der Waals surface area contributed by atoms with Gasteiger partial charge in [0.1, 0.15) is 5.82 Å². The topological polar surface area (TPSA) is 62.1 Å². The Morgan fingerprint density at radius 3 is 2.71 bits per heavy atom. The molecule has 0 N–H and O–H groups in total. The van der Waals surface area contributed by atoms with Gasteiger partial charge in [-0.05, 0) is 12.1 Å². The summed E-state index contributed by atoms with van der Waals surface area (Å²) >= 11 is 0. The molecule has 2 amide bonds. The number of azo groups is 1. The van der Waals surface area contributed by atoms with Crippen molar-refractivity contribution in [2.45, 2.75) is 6.04 Å². The molecule has 2 heterocycles. The Morgan fingerprint density at radius 1 is 1.24 bits per heavy atom. The van der Waals surface area contributed by atoms with Crippen LogP contribution in [-0.4, -0.2) is 24.4 Å². The van der Waals surface area contributed by atoms with Crippen LogP contribution in [0.1, 0.15) is 0 Å². The molecule has 0 spiro atoms. The maximum atomic E-state index is 13.6. The molecule has 1 aromatic carbocycles. The number of carbonyl (C=O) groups excluding carboxylic acids is 2. The summed E-state index contributed by atoms with van der Waals surface area (Å²) in [5, 5.41) is 7.41. The fourth-order valence-electron chi connectivity index (χ4n) is 2.12. The van der Waals surface area contributed by atoms with Gasteiger partial charge in [0.25, 0.3) is 5.91 Å². The van der Waals surface area contributed by atoms with Gasteiger partial charge in [-0.3, -0.25) is 9.59 Å². The summed E-state index contributed by atoms with van der Waals surface area (Å²) in [5.74, 6) is -2.06. The lowest BCUT2D eigenvalue weighted by molar-refractivity contribution is -0.122. The lowest BCUT2D eigenvalue weighted by atomic mass is 10.1. The molecule has 0 aromatic heterocycles. The van der Waals surface area contributed by atoms with Crippen LogP contribution in [0.3, 0.4) is 0 Å². The molecule has 1 fully saturated rings. The van der Waals surface area contributed by atoms with Crippen LogP contribution in [0.5, 0.6) is 0 Å². The highest BCUT2D eigenvalue weighted by molar-refractivity contribution is 6.23. The highest BCUT2D eigenvalue weighted by Crippen LogP contribution is 2.33. The van der Waals surface area contributed by atoms with Crippen LogP contribution in [0.4, 0.5) is 10.1 Å². The first-order valence-electron chi connectivity index (χ1n) is 5.19. The summed E-state index contributed by atoms with van der Waals surface area (Å²) in [5.41, 5.74) is -0.00731. The lowest BCUT2D eigenvalue weighted by Crippen LogP contribution is -2.32. The average Bonchev–Trinajstić information content (AvgIpc) is 2.87. The number of nitrogens with zero attached hydrogens (tertiary/aromatic N) is 3. The van der Waals surface area contributed by atoms with Crippen molar-refractivity contribution in [2.24, 2.45) is 16.1 Å². The molecule has 5 nitrogen and oxygen atoms in total. The number of carbonyl (C=O) groups is 2. The second-order valence-electron chi connectivity index (χ2n) is 3.95. The van der Waals surface area contributed by atoms with Crippen molar-refractivity contribution in [3.8, 4) is 0 Å². The molecular weight excluding hydrogens is 225 g/mol. The number of amides is 2. The van der Waals surface area contributed by atoms with Crippen molar-refractivity contribution in [1.29, 1.82) is 0 Å². The molecule has 6 heteroatoms. The predicted octanol–water partition coefficient (Wildman–Crippen LogP) is 1.15. The Kier molecular flexibility index (Phi) is 2.04. The van der Waals surface area contributed by atoms with Crippen molar-refractivity contribution >= 4 is 17.5 Å². The number of fused-ring (bicyclic) bond motifs is 1. The van der Waals surface area contributed by atoms with Crippen LogP contribution in [-0.2, 0) is 9.59 Å². The maximum Gasteiger partial charge on any atom is 0.261 e. The van der Waals surface area contributed by atoms with Crippen LogP contribution in [0.2, 0.25) is 0 Å². The number of anilines is 1. The first-order chi connectivity index (χ1) is 8.20. The molecular formula is C11H8FN3O2. The molecule has 2 aliphatic rings. The maximum absolute atomic E-state index is 13.6. The zero-order chi connectivity index (χ0) is 12.0. The number of hydrogen-bond acceptors (Lipinski definition) is 4. The van der Waals surface area contributed by atoms with E-state index in [1.54, 1.807) is 6.07 Å². The summed E-state index contributed by atoms with van der Waals surface area (Å²) in [6.45, 7) is 0.209. The van der Waals surface area contributed by atoms with Crippen LogP contribution < -0.4 is 4.90 Å². The highest BCUT2D eigenvalue weighted by atomic mass is 19.1. The van der Waals surface area contributed by atoms with Crippen molar-refractivity contribution in [3.63, 3.8) is 0 Å². The van der Waals surface area contributed by atoms with Gasteiger partial charge >= 0.3 is 0 Å². The molecule has 2 aliphatic heterocycles. The molecule has 1 aromatic rings. The molecule has 3 rings (SSSR count). The van der Waals surface area contributed by atoms with Crippen LogP contribution >= 0.6 is 0 Å². The van der Waals surface area contributed by atoms with E-state index in [2.05, 4.69) is 10.2 Å². The Morgan fingerprint density at radius 2 is 2.00 bits per heavy atom. The van der Waals surface area contributed by atoms with Gasteiger partial charge in [-0.25, -0.2) is 9.29 Å².